The number of benzene rings is 2. The number of hydrogen-bond acceptors (Lipinski definition) is 4. The lowest BCUT2D eigenvalue weighted by molar-refractivity contribution is 0.0438. The molecule has 3 aromatic rings. The molecule has 1 unspecified atom stereocenters. The van der Waals surface area contributed by atoms with Gasteiger partial charge in [-0.2, -0.15) is 0 Å². The van der Waals surface area contributed by atoms with E-state index in [1.165, 1.54) is 25.1 Å². The van der Waals surface area contributed by atoms with Crippen molar-refractivity contribution in [1.29, 1.82) is 0 Å². The highest BCUT2D eigenvalue weighted by molar-refractivity contribution is 6.42. The number of pyridine rings is 1. The molecule has 3 rings (SSSR count). The molecule has 0 spiro atoms. The van der Waals surface area contributed by atoms with Crippen molar-refractivity contribution >= 4 is 46.7 Å². The lowest BCUT2D eigenvalue weighted by Crippen LogP contribution is -2.25. The number of carbonyl (C=O) groups excluding carboxylic acids is 1. The Hall–Kier alpha value is -3.31. The molecule has 2 aromatic carbocycles. The number of aromatic carboxylic acids is 1. The maximum atomic E-state index is 15.2. The van der Waals surface area contributed by atoms with Crippen LogP contribution in [0.15, 0.2) is 35.1 Å². The van der Waals surface area contributed by atoms with Gasteiger partial charge < -0.3 is 14.4 Å². The van der Waals surface area contributed by atoms with Gasteiger partial charge in [0.25, 0.3) is 0 Å². The van der Waals surface area contributed by atoms with Gasteiger partial charge in [-0.1, -0.05) is 46.8 Å². The number of ether oxygens (including phenoxy) is 1. The summed E-state index contributed by atoms with van der Waals surface area (Å²) in [6, 6.07) is 6.37. The van der Waals surface area contributed by atoms with Crippen LogP contribution in [0.25, 0.3) is 22.4 Å². The molecule has 1 atom stereocenters. The number of halogens is 4. The molecule has 0 saturated heterocycles. The van der Waals surface area contributed by atoms with Gasteiger partial charge in [0.2, 0.25) is 5.43 Å². The van der Waals surface area contributed by atoms with Crippen molar-refractivity contribution in [2.75, 3.05) is 0 Å². The second-order valence-corrected chi connectivity index (χ2v) is 8.94. The number of rotatable bonds is 6. The van der Waals surface area contributed by atoms with E-state index >= 15 is 4.39 Å². The fourth-order valence-electron chi connectivity index (χ4n) is 3.84. The van der Waals surface area contributed by atoms with Crippen LogP contribution >= 0.6 is 34.8 Å². The molecule has 1 heterocycles. The van der Waals surface area contributed by atoms with E-state index in [4.69, 9.17) is 46.0 Å². The second-order valence-electron chi connectivity index (χ2n) is 7.72. The molecule has 0 aliphatic rings. The molecule has 0 aliphatic heterocycles. The molecule has 0 amide bonds. The number of carboxylic acids is 1. The Morgan fingerprint density at radius 1 is 1.17 bits per heavy atom. The molecule has 0 bridgehead atoms. The van der Waals surface area contributed by atoms with E-state index in [-0.39, 0.29) is 49.7 Å². The van der Waals surface area contributed by atoms with Crippen molar-refractivity contribution in [3.63, 3.8) is 0 Å². The average Bonchev–Trinajstić information content (AvgIpc) is 2.81. The second kappa shape index (κ2) is 10.8. The van der Waals surface area contributed by atoms with Crippen molar-refractivity contribution in [2.45, 2.75) is 33.4 Å². The summed E-state index contributed by atoms with van der Waals surface area (Å²) in [5.74, 6) is -1.15. The predicted molar refractivity (Wildman–Crippen MR) is 138 cm³/mol. The minimum absolute atomic E-state index is 0.0756. The molecule has 0 fully saturated rings. The van der Waals surface area contributed by atoms with E-state index < -0.39 is 34.9 Å². The molecule has 0 saturated carbocycles. The highest BCUT2D eigenvalue weighted by Crippen LogP contribution is 2.35. The largest absolute Gasteiger partial charge is 0.477 e. The monoisotopic (exact) mass is 549 g/mol. The van der Waals surface area contributed by atoms with Gasteiger partial charge in [-0.05, 0) is 45.0 Å². The van der Waals surface area contributed by atoms with Crippen molar-refractivity contribution in [3.8, 4) is 34.7 Å². The quantitative estimate of drug-likeness (QED) is 0.280. The van der Waals surface area contributed by atoms with Crippen molar-refractivity contribution in [3.05, 3.63) is 78.3 Å². The fourth-order valence-corrected chi connectivity index (χ4v) is 4.37. The minimum atomic E-state index is -1.53. The van der Waals surface area contributed by atoms with Crippen molar-refractivity contribution in [2.24, 2.45) is 0 Å². The third-order valence-corrected chi connectivity index (χ3v) is 6.57. The van der Waals surface area contributed by atoms with E-state index in [1.54, 1.807) is 18.4 Å². The lowest BCUT2D eigenvalue weighted by Gasteiger charge is -2.22. The zero-order valence-corrected chi connectivity index (χ0v) is 21.6. The lowest BCUT2D eigenvalue weighted by atomic mass is 9.95. The summed E-state index contributed by atoms with van der Waals surface area (Å²) in [4.78, 5) is 38.5. The summed E-state index contributed by atoms with van der Waals surface area (Å²) in [5, 5.41) is 10.2. The molecule has 6 nitrogen and oxygen atoms in total. The molecular formula is C26H19Cl3FNO5. The van der Waals surface area contributed by atoms with Crippen LogP contribution < -0.4 is 5.43 Å². The topological polar surface area (TPSA) is 85.6 Å². The first-order chi connectivity index (χ1) is 16.9. The Morgan fingerprint density at radius 3 is 2.39 bits per heavy atom. The SMILES string of the molecule is C#CC(C)OC(=O)c1cc(-c2c(C)n(CC)c(-c3ccc(Cl)c(Cl)c3)c(C(=O)O)c2=O)c(F)cc1Cl. The van der Waals surface area contributed by atoms with Crippen LogP contribution in [0.3, 0.4) is 0 Å². The summed E-state index contributed by atoms with van der Waals surface area (Å²) in [7, 11) is 0. The van der Waals surface area contributed by atoms with Crippen molar-refractivity contribution in [1.82, 2.24) is 4.57 Å². The standard InChI is InChI=1S/C26H19Cl3FNO5/c1-5-12(3)36-26(35)15-10-16(20(30)11-18(15)28)21-13(4)31(6-2)23(22(24(21)32)25(33)34)14-7-8-17(27)19(29)9-14/h1,7-12H,6H2,2-4H3,(H,33,34). The summed E-state index contributed by atoms with van der Waals surface area (Å²) >= 11 is 18.2. The van der Waals surface area contributed by atoms with E-state index in [2.05, 4.69) is 5.92 Å². The zero-order chi connectivity index (χ0) is 26.9. The molecule has 0 radical (unpaired) electrons. The number of nitrogens with zero attached hydrogens (tertiary/aromatic N) is 1. The van der Waals surface area contributed by atoms with Crippen LogP contribution in [-0.2, 0) is 11.3 Å². The van der Waals surface area contributed by atoms with Gasteiger partial charge in [-0.3, -0.25) is 4.79 Å². The van der Waals surface area contributed by atoms with Crippen molar-refractivity contribution < 1.29 is 23.8 Å². The molecule has 1 N–H and O–H groups in total. The number of carboxylic acid groups (broad SMARTS) is 1. The van der Waals surface area contributed by atoms with Gasteiger partial charge in [0.05, 0.1) is 31.9 Å². The van der Waals surface area contributed by atoms with E-state index in [9.17, 15) is 19.5 Å². The first kappa shape index (κ1) is 27.3. The van der Waals surface area contributed by atoms with Crippen LogP contribution in [0, 0.1) is 25.1 Å². The Kier molecular flexibility index (Phi) is 8.15. The Bertz CT molecular complexity index is 1510. The van der Waals surface area contributed by atoms with Crippen LogP contribution in [0.1, 0.15) is 40.3 Å². The zero-order valence-electron chi connectivity index (χ0n) is 19.3. The Morgan fingerprint density at radius 2 is 1.83 bits per heavy atom. The molecule has 10 heteroatoms. The number of esters is 1. The molecular weight excluding hydrogens is 532 g/mol. The predicted octanol–water partition coefficient (Wildman–Crippen LogP) is 6.49. The van der Waals surface area contributed by atoms with Crippen LogP contribution in [0.5, 0.6) is 0 Å². The Balaban J connectivity index is 2.40. The first-order valence-electron chi connectivity index (χ1n) is 10.5. The molecule has 36 heavy (non-hydrogen) atoms. The van der Waals surface area contributed by atoms with Gasteiger partial charge in [0, 0.05) is 23.4 Å². The van der Waals surface area contributed by atoms with Crippen LogP contribution in [0.2, 0.25) is 15.1 Å². The summed E-state index contributed by atoms with van der Waals surface area (Å²) in [5.41, 5.74) is -1.68. The molecule has 186 valence electrons. The normalized spacial score (nSPS) is 11.6. The van der Waals surface area contributed by atoms with E-state index in [0.717, 1.165) is 12.1 Å². The van der Waals surface area contributed by atoms with Crippen LogP contribution in [-0.4, -0.2) is 27.7 Å². The number of aromatic nitrogens is 1. The third kappa shape index (κ3) is 4.98. The van der Waals surface area contributed by atoms with E-state index in [0.29, 0.717) is 5.56 Å². The van der Waals surface area contributed by atoms with Gasteiger partial charge >= 0.3 is 11.9 Å². The Labute approximate surface area is 221 Å². The van der Waals surface area contributed by atoms with Gasteiger partial charge in [-0.25, -0.2) is 14.0 Å². The maximum absolute atomic E-state index is 15.2. The summed E-state index contributed by atoms with van der Waals surface area (Å²) in [6.45, 7) is 4.95. The van der Waals surface area contributed by atoms with Gasteiger partial charge in [0.15, 0.2) is 6.10 Å². The van der Waals surface area contributed by atoms with Gasteiger partial charge in [-0.15, -0.1) is 6.42 Å². The molecule has 1 aromatic heterocycles. The van der Waals surface area contributed by atoms with E-state index in [1.807, 2.05) is 0 Å². The number of hydrogen-bond donors (Lipinski definition) is 1. The minimum Gasteiger partial charge on any atom is -0.477 e. The third-order valence-electron chi connectivity index (χ3n) is 5.52. The highest BCUT2D eigenvalue weighted by Gasteiger charge is 2.28. The maximum Gasteiger partial charge on any atom is 0.341 e. The smallest absolute Gasteiger partial charge is 0.341 e. The highest BCUT2D eigenvalue weighted by atomic mass is 35.5. The van der Waals surface area contributed by atoms with Crippen LogP contribution in [0.4, 0.5) is 4.39 Å². The van der Waals surface area contributed by atoms with Gasteiger partial charge in [0.1, 0.15) is 11.4 Å². The fraction of sp³-hybridized carbons (Fsp3) is 0.192. The number of terminal acetylenes is 1. The number of carbonyl (C=O) groups is 2. The summed E-state index contributed by atoms with van der Waals surface area (Å²) in [6.07, 6.45) is 4.36. The average molecular weight is 551 g/mol. The molecule has 0 aliphatic carbocycles. The first-order valence-corrected chi connectivity index (χ1v) is 11.7. The summed E-state index contributed by atoms with van der Waals surface area (Å²) < 4.78 is 21.8.